The molecule has 2 rings (SSSR count). The highest BCUT2D eigenvalue weighted by molar-refractivity contribution is 5.94. The summed E-state index contributed by atoms with van der Waals surface area (Å²) in [6, 6.07) is -4.03. The summed E-state index contributed by atoms with van der Waals surface area (Å²) in [6.45, 7) is 1.55. The van der Waals surface area contributed by atoms with Gasteiger partial charge in [0.05, 0.1) is 18.8 Å². The van der Waals surface area contributed by atoms with Gasteiger partial charge in [0.2, 0.25) is 17.7 Å². The number of hydrogen-bond donors (Lipinski definition) is 6. The Kier molecular flexibility index (Phi) is 7.72. The number of nitrogens with one attached hydrogen (secondary N) is 3. The Balaban J connectivity index is 2.06. The van der Waals surface area contributed by atoms with Gasteiger partial charge in [-0.05, 0) is 39.2 Å². The highest BCUT2D eigenvalue weighted by Crippen LogP contribution is 2.20. The third kappa shape index (κ3) is 5.18. The average molecular weight is 400 g/mol. The van der Waals surface area contributed by atoms with Crippen LogP contribution >= 0.6 is 0 Å². The predicted octanol–water partition coefficient (Wildman–Crippen LogP) is -2.84. The van der Waals surface area contributed by atoms with E-state index in [9.17, 15) is 24.3 Å². The summed E-state index contributed by atoms with van der Waals surface area (Å²) in [7, 11) is 0. The third-order valence-corrected chi connectivity index (χ3v) is 5.06. The summed E-state index contributed by atoms with van der Waals surface area (Å²) in [6.07, 6.45) is 1.14. The molecule has 2 aliphatic rings. The third-order valence-electron chi connectivity index (χ3n) is 5.06. The zero-order chi connectivity index (χ0) is 20.8. The summed E-state index contributed by atoms with van der Waals surface area (Å²) in [5.74, 6) is -3.07. The summed E-state index contributed by atoms with van der Waals surface area (Å²) >= 11 is 0. The number of carboxylic acids is 1. The van der Waals surface area contributed by atoms with Crippen molar-refractivity contribution in [1.29, 1.82) is 0 Å². The van der Waals surface area contributed by atoms with Crippen LogP contribution in [0.15, 0.2) is 0 Å². The van der Waals surface area contributed by atoms with Crippen LogP contribution in [-0.2, 0) is 19.2 Å². The highest BCUT2D eigenvalue weighted by Gasteiger charge is 2.40. The van der Waals surface area contributed by atoms with Crippen molar-refractivity contribution in [3.8, 4) is 0 Å². The first-order valence-corrected chi connectivity index (χ1v) is 9.42. The fourth-order valence-corrected chi connectivity index (χ4v) is 3.49. The first-order chi connectivity index (χ1) is 13.3. The van der Waals surface area contributed by atoms with E-state index in [1.54, 1.807) is 0 Å². The Hall–Kier alpha value is -2.24. The molecule has 0 radical (unpaired) electrons. The zero-order valence-corrected chi connectivity index (χ0v) is 15.8. The van der Waals surface area contributed by atoms with Gasteiger partial charge in [-0.2, -0.15) is 0 Å². The van der Waals surface area contributed by atoms with Crippen molar-refractivity contribution in [2.45, 2.75) is 62.9 Å². The number of amides is 3. The van der Waals surface area contributed by atoms with E-state index < -0.39 is 54.7 Å². The molecule has 0 aromatic carbocycles. The molecule has 2 aliphatic heterocycles. The largest absolute Gasteiger partial charge is 0.480 e. The van der Waals surface area contributed by atoms with E-state index in [0.29, 0.717) is 25.8 Å². The van der Waals surface area contributed by atoms with E-state index in [1.807, 2.05) is 0 Å². The van der Waals surface area contributed by atoms with Crippen LogP contribution < -0.4 is 16.0 Å². The normalized spacial score (nSPS) is 25.0. The number of aliphatic hydroxyl groups is 2. The standard InChI is InChI=1S/C17H28N4O7/c1-9(23)13(20-14(24)10-4-2-6-18-10)16(26)21-7-3-5-12(21)15(25)19-11(8-22)17(27)28/h9-13,18,22-23H,2-8H2,1H3,(H,19,25)(H,20,24)(H,27,28)/t9-,10-,11+,12-,13+/m1/s1. The minimum atomic E-state index is -1.47. The van der Waals surface area contributed by atoms with Crippen molar-refractivity contribution in [3.05, 3.63) is 0 Å². The molecule has 3 amide bonds. The number of rotatable bonds is 8. The second kappa shape index (κ2) is 9.80. The van der Waals surface area contributed by atoms with Crippen LogP contribution in [0, 0.1) is 0 Å². The molecular weight excluding hydrogens is 372 g/mol. The fraction of sp³-hybridized carbons (Fsp3) is 0.765. The van der Waals surface area contributed by atoms with E-state index in [-0.39, 0.29) is 12.5 Å². The van der Waals surface area contributed by atoms with Gasteiger partial charge in [-0.25, -0.2) is 4.79 Å². The molecule has 2 saturated heterocycles. The Bertz CT molecular complexity index is 606. The minimum Gasteiger partial charge on any atom is -0.480 e. The first kappa shape index (κ1) is 22.1. The Morgan fingerprint density at radius 3 is 2.39 bits per heavy atom. The predicted molar refractivity (Wildman–Crippen MR) is 96.0 cm³/mol. The van der Waals surface area contributed by atoms with Gasteiger partial charge < -0.3 is 36.2 Å². The number of carbonyl (C=O) groups is 4. The second-order valence-electron chi connectivity index (χ2n) is 7.15. The molecule has 2 fully saturated rings. The summed E-state index contributed by atoms with van der Waals surface area (Å²) in [5, 5.41) is 35.8. The number of hydrogen-bond acceptors (Lipinski definition) is 7. The Labute approximate surface area is 162 Å². The number of aliphatic hydroxyl groups excluding tert-OH is 2. The van der Waals surface area contributed by atoms with Crippen LogP contribution in [-0.4, -0.2) is 93.9 Å². The molecule has 0 aliphatic carbocycles. The molecule has 11 heteroatoms. The molecule has 0 aromatic heterocycles. The van der Waals surface area contributed by atoms with E-state index in [1.165, 1.54) is 11.8 Å². The Morgan fingerprint density at radius 2 is 1.86 bits per heavy atom. The molecule has 28 heavy (non-hydrogen) atoms. The molecule has 6 N–H and O–H groups in total. The zero-order valence-electron chi connectivity index (χ0n) is 15.8. The van der Waals surface area contributed by atoms with Crippen molar-refractivity contribution < 1.29 is 34.5 Å². The molecule has 0 saturated carbocycles. The van der Waals surface area contributed by atoms with Gasteiger partial charge in [0.15, 0.2) is 0 Å². The van der Waals surface area contributed by atoms with Crippen molar-refractivity contribution in [2.24, 2.45) is 0 Å². The van der Waals surface area contributed by atoms with Gasteiger partial charge in [-0.3, -0.25) is 14.4 Å². The summed E-state index contributed by atoms with van der Waals surface area (Å²) in [4.78, 5) is 49.9. The van der Waals surface area contributed by atoms with Crippen LogP contribution in [0.25, 0.3) is 0 Å². The monoisotopic (exact) mass is 400 g/mol. The lowest BCUT2D eigenvalue weighted by molar-refractivity contribution is -0.146. The van der Waals surface area contributed by atoms with Gasteiger partial charge in [0, 0.05) is 6.54 Å². The SMILES string of the molecule is C[C@@H](O)[C@H](NC(=O)[C@H]1CCCN1)C(=O)N1CCC[C@@H]1C(=O)N[C@@H](CO)C(=O)O. The molecule has 5 atom stereocenters. The number of aliphatic carboxylic acids is 1. The van der Waals surface area contributed by atoms with Gasteiger partial charge >= 0.3 is 5.97 Å². The lowest BCUT2D eigenvalue weighted by Crippen LogP contribution is -2.59. The van der Waals surface area contributed by atoms with E-state index >= 15 is 0 Å². The topological polar surface area (TPSA) is 168 Å². The van der Waals surface area contributed by atoms with Gasteiger partial charge in [0.1, 0.15) is 18.1 Å². The number of carbonyl (C=O) groups excluding carboxylic acids is 3. The van der Waals surface area contributed by atoms with Crippen molar-refractivity contribution in [3.63, 3.8) is 0 Å². The lowest BCUT2D eigenvalue weighted by atomic mass is 10.1. The average Bonchev–Trinajstić information content (AvgIpc) is 3.34. The number of carboxylic acid groups (broad SMARTS) is 1. The number of nitrogens with zero attached hydrogens (tertiary/aromatic N) is 1. The number of likely N-dealkylation sites (tertiary alicyclic amines) is 1. The van der Waals surface area contributed by atoms with E-state index in [0.717, 1.165) is 6.42 Å². The molecule has 0 bridgehead atoms. The summed E-state index contributed by atoms with van der Waals surface area (Å²) in [5.41, 5.74) is 0. The van der Waals surface area contributed by atoms with Crippen LogP contribution in [0.5, 0.6) is 0 Å². The van der Waals surface area contributed by atoms with Crippen molar-refractivity contribution in [1.82, 2.24) is 20.9 Å². The lowest BCUT2D eigenvalue weighted by Gasteiger charge is -2.31. The quantitative estimate of drug-likeness (QED) is 0.253. The molecule has 0 unspecified atom stereocenters. The maximum Gasteiger partial charge on any atom is 0.328 e. The van der Waals surface area contributed by atoms with Crippen molar-refractivity contribution >= 4 is 23.7 Å². The van der Waals surface area contributed by atoms with Crippen molar-refractivity contribution in [2.75, 3.05) is 19.7 Å². The maximum atomic E-state index is 12.9. The second-order valence-corrected chi connectivity index (χ2v) is 7.15. The molecule has 2 heterocycles. The van der Waals surface area contributed by atoms with Crippen LogP contribution in [0.3, 0.4) is 0 Å². The smallest absolute Gasteiger partial charge is 0.328 e. The molecule has 0 aromatic rings. The van der Waals surface area contributed by atoms with E-state index in [2.05, 4.69) is 16.0 Å². The maximum absolute atomic E-state index is 12.9. The molecular formula is C17H28N4O7. The van der Waals surface area contributed by atoms with Gasteiger partial charge in [-0.1, -0.05) is 0 Å². The molecule has 11 nitrogen and oxygen atoms in total. The first-order valence-electron chi connectivity index (χ1n) is 9.42. The van der Waals surface area contributed by atoms with Crippen LogP contribution in [0.2, 0.25) is 0 Å². The fourth-order valence-electron chi connectivity index (χ4n) is 3.49. The van der Waals surface area contributed by atoms with Gasteiger partial charge in [0.25, 0.3) is 0 Å². The minimum absolute atomic E-state index is 0.245. The van der Waals surface area contributed by atoms with Crippen LogP contribution in [0.4, 0.5) is 0 Å². The highest BCUT2D eigenvalue weighted by atomic mass is 16.4. The molecule has 0 spiro atoms. The van der Waals surface area contributed by atoms with Crippen LogP contribution in [0.1, 0.15) is 32.6 Å². The summed E-state index contributed by atoms with van der Waals surface area (Å²) < 4.78 is 0. The molecule has 158 valence electrons. The Morgan fingerprint density at radius 1 is 1.14 bits per heavy atom. The van der Waals surface area contributed by atoms with Gasteiger partial charge in [-0.15, -0.1) is 0 Å². The van der Waals surface area contributed by atoms with E-state index in [4.69, 9.17) is 10.2 Å².